The van der Waals surface area contributed by atoms with Gasteiger partial charge in [-0.05, 0) is 42.4 Å². The van der Waals surface area contributed by atoms with Crippen molar-refractivity contribution in [2.75, 3.05) is 0 Å². The SMILES string of the molecule is CC1CCCC(C(O)c2cccc(F)c2)C1. The molecule has 0 aromatic heterocycles. The molecule has 0 aliphatic heterocycles. The van der Waals surface area contributed by atoms with E-state index in [9.17, 15) is 9.50 Å². The van der Waals surface area contributed by atoms with Gasteiger partial charge in [-0.3, -0.25) is 0 Å². The molecule has 1 aliphatic carbocycles. The van der Waals surface area contributed by atoms with Crippen LogP contribution in [0.25, 0.3) is 0 Å². The van der Waals surface area contributed by atoms with Gasteiger partial charge in [0.2, 0.25) is 0 Å². The van der Waals surface area contributed by atoms with Crippen LogP contribution in [0.4, 0.5) is 4.39 Å². The average Bonchev–Trinajstić information content (AvgIpc) is 2.28. The minimum atomic E-state index is -0.501. The number of hydrogen-bond acceptors (Lipinski definition) is 1. The fourth-order valence-electron chi connectivity index (χ4n) is 2.73. The van der Waals surface area contributed by atoms with Gasteiger partial charge in [-0.2, -0.15) is 0 Å². The lowest BCUT2D eigenvalue weighted by molar-refractivity contribution is 0.0712. The standard InChI is InChI=1S/C14H19FO/c1-10-4-2-5-11(8-10)14(16)12-6-3-7-13(15)9-12/h3,6-7,9-11,14,16H,2,4-5,8H2,1H3. The molecule has 88 valence electrons. The molecule has 0 bridgehead atoms. The second-order valence-corrected chi connectivity index (χ2v) is 5.03. The van der Waals surface area contributed by atoms with Crippen molar-refractivity contribution in [3.63, 3.8) is 0 Å². The van der Waals surface area contributed by atoms with Crippen LogP contribution in [0, 0.1) is 17.7 Å². The highest BCUT2D eigenvalue weighted by Crippen LogP contribution is 2.36. The summed E-state index contributed by atoms with van der Waals surface area (Å²) in [5, 5.41) is 10.2. The van der Waals surface area contributed by atoms with Gasteiger partial charge in [0.25, 0.3) is 0 Å². The first-order chi connectivity index (χ1) is 7.66. The molecular formula is C14H19FO. The molecule has 0 spiro atoms. The zero-order chi connectivity index (χ0) is 11.5. The third-order valence-corrected chi connectivity index (χ3v) is 3.61. The van der Waals surface area contributed by atoms with Crippen molar-refractivity contribution in [3.05, 3.63) is 35.6 Å². The summed E-state index contributed by atoms with van der Waals surface area (Å²) in [5.41, 5.74) is 0.721. The number of aliphatic hydroxyl groups is 1. The molecule has 0 amide bonds. The molecule has 1 nitrogen and oxygen atoms in total. The highest BCUT2D eigenvalue weighted by atomic mass is 19.1. The Bertz CT molecular complexity index is 350. The Labute approximate surface area is 96.3 Å². The molecule has 1 aliphatic rings. The first-order valence-electron chi connectivity index (χ1n) is 6.10. The van der Waals surface area contributed by atoms with E-state index in [0.717, 1.165) is 18.4 Å². The maximum absolute atomic E-state index is 13.1. The third kappa shape index (κ3) is 2.62. The lowest BCUT2D eigenvalue weighted by Gasteiger charge is -2.30. The van der Waals surface area contributed by atoms with Crippen molar-refractivity contribution in [3.8, 4) is 0 Å². The van der Waals surface area contributed by atoms with Gasteiger partial charge < -0.3 is 5.11 Å². The zero-order valence-corrected chi connectivity index (χ0v) is 9.70. The van der Waals surface area contributed by atoms with Gasteiger partial charge >= 0.3 is 0 Å². The molecule has 1 saturated carbocycles. The molecular weight excluding hydrogens is 203 g/mol. The molecule has 2 heteroatoms. The van der Waals surface area contributed by atoms with E-state index in [1.807, 2.05) is 6.07 Å². The van der Waals surface area contributed by atoms with Gasteiger partial charge in [-0.25, -0.2) is 4.39 Å². The van der Waals surface area contributed by atoms with Crippen LogP contribution in [0.2, 0.25) is 0 Å². The Morgan fingerprint density at radius 3 is 2.88 bits per heavy atom. The Kier molecular flexibility index (Phi) is 3.59. The molecule has 16 heavy (non-hydrogen) atoms. The van der Waals surface area contributed by atoms with Gasteiger partial charge in [-0.1, -0.05) is 31.9 Å². The number of aliphatic hydroxyl groups excluding tert-OH is 1. The van der Waals surface area contributed by atoms with Crippen LogP contribution in [0.5, 0.6) is 0 Å². The molecule has 3 atom stereocenters. The maximum Gasteiger partial charge on any atom is 0.123 e. The zero-order valence-electron chi connectivity index (χ0n) is 9.70. The number of halogens is 1. The predicted octanol–water partition coefficient (Wildman–Crippen LogP) is 3.69. The minimum Gasteiger partial charge on any atom is -0.388 e. The normalized spacial score (nSPS) is 27.7. The van der Waals surface area contributed by atoms with E-state index in [-0.39, 0.29) is 5.82 Å². The van der Waals surface area contributed by atoms with Crippen LogP contribution >= 0.6 is 0 Å². The number of benzene rings is 1. The summed E-state index contributed by atoms with van der Waals surface area (Å²) in [5.74, 6) is 0.716. The number of rotatable bonds is 2. The first-order valence-corrected chi connectivity index (χ1v) is 6.10. The molecule has 0 saturated heterocycles. The highest BCUT2D eigenvalue weighted by molar-refractivity contribution is 5.19. The largest absolute Gasteiger partial charge is 0.388 e. The summed E-state index contributed by atoms with van der Waals surface area (Å²) < 4.78 is 13.1. The quantitative estimate of drug-likeness (QED) is 0.809. The smallest absolute Gasteiger partial charge is 0.123 e. The molecule has 3 unspecified atom stereocenters. The summed E-state index contributed by atoms with van der Waals surface area (Å²) in [4.78, 5) is 0. The monoisotopic (exact) mass is 222 g/mol. The van der Waals surface area contributed by atoms with Crippen LogP contribution < -0.4 is 0 Å². The summed E-state index contributed by atoms with van der Waals surface area (Å²) in [6.07, 6.45) is 4.04. The molecule has 0 radical (unpaired) electrons. The lowest BCUT2D eigenvalue weighted by Crippen LogP contribution is -2.20. The Balaban J connectivity index is 2.09. The van der Waals surface area contributed by atoms with Gasteiger partial charge in [-0.15, -0.1) is 0 Å². The van der Waals surface area contributed by atoms with Crippen LogP contribution in [0.1, 0.15) is 44.3 Å². The van der Waals surface area contributed by atoms with Crippen LogP contribution in [-0.2, 0) is 0 Å². The van der Waals surface area contributed by atoms with Crippen molar-refractivity contribution in [2.45, 2.75) is 38.7 Å². The molecule has 1 aromatic carbocycles. The highest BCUT2D eigenvalue weighted by Gasteiger charge is 2.26. The Hall–Kier alpha value is -0.890. The van der Waals surface area contributed by atoms with Crippen molar-refractivity contribution in [2.24, 2.45) is 11.8 Å². The fraction of sp³-hybridized carbons (Fsp3) is 0.571. The van der Waals surface area contributed by atoms with Crippen LogP contribution in [0.3, 0.4) is 0 Å². The molecule has 1 fully saturated rings. The predicted molar refractivity (Wildman–Crippen MR) is 62.5 cm³/mol. The molecule has 2 rings (SSSR count). The molecule has 1 aromatic rings. The van der Waals surface area contributed by atoms with E-state index in [0.29, 0.717) is 11.8 Å². The van der Waals surface area contributed by atoms with Gasteiger partial charge in [0.1, 0.15) is 5.82 Å². The molecule has 0 heterocycles. The number of hydrogen-bond donors (Lipinski definition) is 1. The fourth-order valence-corrected chi connectivity index (χ4v) is 2.73. The first kappa shape index (κ1) is 11.6. The summed E-state index contributed by atoms with van der Waals surface area (Å²) in [7, 11) is 0. The van der Waals surface area contributed by atoms with Crippen molar-refractivity contribution in [1.82, 2.24) is 0 Å². The summed E-state index contributed by atoms with van der Waals surface area (Å²) >= 11 is 0. The third-order valence-electron chi connectivity index (χ3n) is 3.61. The molecule has 1 N–H and O–H groups in total. The lowest BCUT2D eigenvalue weighted by atomic mass is 9.78. The second kappa shape index (κ2) is 4.96. The van der Waals surface area contributed by atoms with Crippen molar-refractivity contribution in [1.29, 1.82) is 0 Å². The van der Waals surface area contributed by atoms with E-state index in [2.05, 4.69) is 6.92 Å². The van der Waals surface area contributed by atoms with E-state index in [1.54, 1.807) is 6.07 Å². The van der Waals surface area contributed by atoms with E-state index in [4.69, 9.17) is 0 Å². The Morgan fingerprint density at radius 1 is 1.38 bits per heavy atom. The maximum atomic E-state index is 13.1. The average molecular weight is 222 g/mol. The van der Waals surface area contributed by atoms with Crippen molar-refractivity contribution < 1.29 is 9.50 Å². The van der Waals surface area contributed by atoms with Crippen molar-refractivity contribution >= 4 is 0 Å². The second-order valence-electron chi connectivity index (χ2n) is 5.03. The van der Waals surface area contributed by atoms with Crippen LogP contribution in [-0.4, -0.2) is 5.11 Å². The van der Waals surface area contributed by atoms with Crippen LogP contribution in [0.15, 0.2) is 24.3 Å². The topological polar surface area (TPSA) is 20.2 Å². The summed E-state index contributed by atoms with van der Waals surface area (Å²) in [6, 6.07) is 6.34. The van der Waals surface area contributed by atoms with Gasteiger partial charge in [0.15, 0.2) is 0 Å². The van der Waals surface area contributed by atoms with E-state index in [1.165, 1.54) is 25.0 Å². The van der Waals surface area contributed by atoms with E-state index >= 15 is 0 Å². The Morgan fingerprint density at radius 2 is 2.19 bits per heavy atom. The summed E-state index contributed by atoms with van der Waals surface area (Å²) in [6.45, 7) is 2.23. The van der Waals surface area contributed by atoms with Gasteiger partial charge in [0.05, 0.1) is 6.10 Å². The minimum absolute atomic E-state index is 0.264. The van der Waals surface area contributed by atoms with E-state index < -0.39 is 6.10 Å². The van der Waals surface area contributed by atoms with Gasteiger partial charge in [0, 0.05) is 0 Å².